The number of anilines is 1. The number of rotatable bonds is 5. The number of amides is 1. The third kappa shape index (κ3) is 4.21. The number of H-pyrrole nitrogens is 1. The third-order valence-corrected chi connectivity index (χ3v) is 7.37. The van der Waals surface area contributed by atoms with Crippen LogP contribution in [0.1, 0.15) is 10.4 Å². The molecular formula is C22H20N6O5S. The smallest absolute Gasteiger partial charge is 0.256 e. The summed E-state index contributed by atoms with van der Waals surface area (Å²) < 4.78 is 34.3. The van der Waals surface area contributed by atoms with Crippen molar-refractivity contribution in [3.8, 4) is 5.69 Å². The largest absolute Gasteiger partial charge is 0.379 e. The van der Waals surface area contributed by atoms with Gasteiger partial charge in [0.15, 0.2) is 0 Å². The van der Waals surface area contributed by atoms with Crippen LogP contribution >= 0.6 is 0 Å². The predicted molar refractivity (Wildman–Crippen MR) is 123 cm³/mol. The molecule has 0 unspecified atom stereocenters. The van der Waals surface area contributed by atoms with E-state index < -0.39 is 21.5 Å². The summed E-state index contributed by atoms with van der Waals surface area (Å²) in [7, 11) is -3.78. The van der Waals surface area contributed by atoms with Gasteiger partial charge in [-0.15, -0.1) is 0 Å². The number of nitrogens with zero attached hydrogens (tertiary/aromatic N) is 4. The maximum atomic E-state index is 13.1. The molecule has 0 atom stereocenters. The van der Waals surface area contributed by atoms with Crippen molar-refractivity contribution in [2.45, 2.75) is 4.90 Å². The number of ether oxygens (including phenoxy) is 1. The fourth-order valence-corrected chi connectivity index (χ4v) is 5.19. The average molecular weight is 481 g/mol. The monoisotopic (exact) mass is 480 g/mol. The van der Waals surface area contributed by atoms with Gasteiger partial charge in [0.2, 0.25) is 15.6 Å². The first-order chi connectivity index (χ1) is 16.4. The Morgan fingerprint density at radius 1 is 1.06 bits per heavy atom. The van der Waals surface area contributed by atoms with Crippen LogP contribution in [0.25, 0.3) is 16.6 Å². The number of fused-ring (bicyclic) bond motifs is 1. The van der Waals surface area contributed by atoms with E-state index >= 15 is 0 Å². The van der Waals surface area contributed by atoms with E-state index in [0.29, 0.717) is 29.8 Å². The molecule has 0 radical (unpaired) electrons. The summed E-state index contributed by atoms with van der Waals surface area (Å²) in [5.74, 6) is -0.537. The normalized spacial score (nSPS) is 14.8. The molecule has 3 heterocycles. The molecule has 2 aromatic carbocycles. The summed E-state index contributed by atoms with van der Waals surface area (Å²) in [6.07, 6.45) is 2.97. The van der Waals surface area contributed by atoms with Crippen LogP contribution in [0.4, 0.5) is 5.69 Å². The van der Waals surface area contributed by atoms with Crippen LogP contribution in [0.15, 0.2) is 70.9 Å². The zero-order valence-corrected chi connectivity index (χ0v) is 18.7. The van der Waals surface area contributed by atoms with Crippen molar-refractivity contribution in [1.82, 2.24) is 24.1 Å². The van der Waals surface area contributed by atoms with E-state index in [0.717, 1.165) is 11.8 Å². The van der Waals surface area contributed by atoms with Crippen molar-refractivity contribution in [3.63, 3.8) is 0 Å². The Morgan fingerprint density at radius 3 is 2.53 bits per heavy atom. The highest BCUT2D eigenvalue weighted by Gasteiger charge is 2.27. The second-order valence-electron chi connectivity index (χ2n) is 7.61. The number of nitrogens with one attached hydrogen (secondary N) is 2. The highest BCUT2D eigenvalue weighted by molar-refractivity contribution is 7.89. The van der Waals surface area contributed by atoms with Gasteiger partial charge in [-0.3, -0.25) is 9.59 Å². The van der Waals surface area contributed by atoms with Crippen LogP contribution in [0.2, 0.25) is 0 Å². The Balaban J connectivity index is 1.47. The van der Waals surface area contributed by atoms with Gasteiger partial charge in [0.05, 0.1) is 29.4 Å². The van der Waals surface area contributed by atoms with E-state index in [9.17, 15) is 18.0 Å². The van der Waals surface area contributed by atoms with E-state index in [1.807, 2.05) is 0 Å². The quantitative estimate of drug-likeness (QED) is 0.440. The molecule has 5 rings (SSSR count). The predicted octanol–water partition coefficient (Wildman–Crippen LogP) is 1.38. The van der Waals surface area contributed by atoms with Gasteiger partial charge in [-0.1, -0.05) is 0 Å². The molecule has 1 amide bonds. The molecule has 174 valence electrons. The topological polar surface area (TPSA) is 139 Å². The van der Waals surface area contributed by atoms with Gasteiger partial charge >= 0.3 is 0 Å². The summed E-state index contributed by atoms with van der Waals surface area (Å²) >= 11 is 0. The first kappa shape index (κ1) is 21.9. The van der Waals surface area contributed by atoms with Gasteiger partial charge in [-0.2, -0.15) is 9.40 Å². The summed E-state index contributed by atoms with van der Waals surface area (Å²) in [5.41, 5.74) is 1.22. The SMILES string of the molecule is O=C(Nc1ccc(-n2cncn2)cc1)c1cc(=O)[nH]c2ccc(S(=O)(=O)N3CCOCC3)cc12. The lowest BCUT2D eigenvalue weighted by Gasteiger charge is -2.26. The summed E-state index contributed by atoms with van der Waals surface area (Å²) in [4.78, 5) is 31.9. The molecule has 1 saturated heterocycles. The van der Waals surface area contributed by atoms with Crippen LogP contribution in [-0.2, 0) is 14.8 Å². The van der Waals surface area contributed by atoms with E-state index in [2.05, 4.69) is 20.4 Å². The zero-order valence-electron chi connectivity index (χ0n) is 17.8. The maximum absolute atomic E-state index is 13.1. The molecule has 2 aromatic heterocycles. The van der Waals surface area contributed by atoms with Gasteiger partial charge in [0.1, 0.15) is 12.7 Å². The number of pyridine rings is 1. The minimum Gasteiger partial charge on any atom is -0.379 e. The summed E-state index contributed by atoms with van der Waals surface area (Å²) in [6.45, 7) is 1.15. The number of sulfonamides is 1. The zero-order chi connectivity index (χ0) is 23.7. The number of aromatic nitrogens is 4. The van der Waals surface area contributed by atoms with Gasteiger partial charge < -0.3 is 15.0 Å². The molecule has 1 fully saturated rings. The summed E-state index contributed by atoms with van der Waals surface area (Å²) in [6, 6.07) is 12.4. The van der Waals surface area contributed by atoms with Crippen LogP contribution in [0.3, 0.4) is 0 Å². The number of benzene rings is 2. The lowest BCUT2D eigenvalue weighted by molar-refractivity contribution is 0.0730. The Bertz CT molecular complexity index is 1510. The van der Waals surface area contributed by atoms with Crippen molar-refractivity contribution in [2.75, 3.05) is 31.6 Å². The molecule has 0 aliphatic carbocycles. The van der Waals surface area contributed by atoms with Crippen molar-refractivity contribution in [2.24, 2.45) is 0 Å². The average Bonchev–Trinajstić information content (AvgIpc) is 3.39. The maximum Gasteiger partial charge on any atom is 0.256 e. The van der Waals surface area contributed by atoms with E-state index in [-0.39, 0.29) is 23.5 Å². The molecule has 0 spiro atoms. The van der Waals surface area contributed by atoms with Crippen LogP contribution in [0.5, 0.6) is 0 Å². The van der Waals surface area contributed by atoms with Crippen LogP contribution in [-0.4, -0.2) is 64.7 Å². The molecule has 11 nitrogen and oxygen atoms in total. The lowest BCUT2D eigenvalue weighted by Crippen LogP contribution is -2.40. The molecule has 1 aliphatic heterocycles. The molecule has 0 saturated carbocycles. The lowest BCUT2D eigenvalue weighted by atomic mass is 10.1. The Morgan fingerprint density at radius 2 is 1.82 bits per heavy atom. The van der Waals surface area contributed by atoms with Crippen molar-refractivity contribution in [1.29, 1.82) is 0 Å². The standard InChI is InChI=1S/C22H20N6O5S/c29-21-12-19(22(30)25-15-1-3-16(4-2-15)28-14-23-13-24-28)18-11-17(5-6-20(18)26-21)34(31,32)27-7-9-33-10-8-27/h1-6,11-14H,7-10H2,(H,25,30)(H,26,29). The molecule has 1 aliphatic rings. The number of carbonyl (C=O) groups excluding carboxylic acids is 1. The van der Waals surface area contributed by atoms with Gasteiger partial charge in [-0.25, -0.2) is 18.1 Å². The fraction of sp³-hybridized carbons (Fsp3) is 0.182. The number of aromatic amines is 1. The second kappa shape index (κ2) is 8.82. The van der Waals surface area contributed by atoms with E-state index in [4.69, 9.17) is 4.74 Å². The molecule has 34 heavy (non-hydrogen) atoms. The van der Waals surface area contributed by atoms with Crippen LogP contribution < -0.4 is 10.9 Å². The summed E-state index contributed by atoms with van der Waals surface area (Å²) in [5, 5.41) is 7.13. The highest BCUT2D eigenvalue weighted by Crippen LogP contribution is 2.24. The van der Waals surface area contributed by atoms with Crippen molar-refractivity contribution < 1.29 is 17.9 Å². The first-order valence-electron chi connectivity index (χ1n) is 10.4. The van der Waals surface area contributed by atoms with Gasteiger partial charge in [0.25, 0.3) is 5.91 Å². The Kier molecular flexibility index (Phi) is 5.69. The first-order valence-corrected chi connectivity index (χ1v) is 11.9. The number of carbonyl (C=O) groups is 1. The Hall–Kier alpha value is -3.87. The number of hydrogen-bond donors (Lipinski definition) is 2. The van der Waals surface area contributed by atoms with Gasteiger partial charge in [0, 0.05) is 35.7 Å². The second-order valence-corrected chi connectivity index (χ2v) is 9.55. The Labute approximate surface area is 194 Å². The molecule has 2 N–H and O–H groups in total. The molecular weight excluding hydrogens is 460 g/mol. The number of morpholine rings is 1. The van der Waals surface area contributed by atoms with E-state index in [1.54, 1.807) is 35.3 Å². The van der Waals surface area contributed by atoms with Gasteiger partial charge in [-0.05, 0) is 42.5 Å². The highest BCUT2D eigenvalue weighted by atomic mass is 32.2. The fourth-order valence-electron chi connectivity index (χ4n) is 3.75. The van der Waals surface area contributed by atoms with Crippen molar-refractivity contribution in [3.05, 3.63) is 77.1 Å². The minimum atomic E-state index is -3.78. The number of hydrogen-bond acceptors (Lipinski definition) is 7. The molecule has 4 aromatic rings. The third-order valence-electron chi connectivity index (χ3n) is 5.48. The molecule has 0 bridgehead atoms. The molecule has 12 heteroatoms. The van der Waals surface area contributed by atoms with Crippen molar-refractivity contribution >= 4 is 32.5 Å². The minimum absolute atomic E-state index is 0.0418. The van der Waals surface area contributed by atoms with E-state index in [1.165, 1.54) is 28.8 Å². The van der Waals surface area contributed by atoms with Crippen LogP contribution in [0, 0.1) is 0 Å².